The summed E-state index contributed by atoms with van der Waals surface area (Å²) in [6.45, 7) is 1.99. The molecule has 3 heterocycles. The Kier molecular flexibility index (Phi) is 4.44. The number of rotatable bonds is 2. The maximum absolute atomic E-state index is 13.3. The van der Waals surface area contributed by atoms with Crippen LogP contribution in [0.5, 0.6) is 0 Å². The van der Waals surface area contributed by atoms with Gasteiger partial charge in [0.2, 0.25) is 5.91 Å². The van der Waals surface area contributed by atoms with E-state index in [1.807, 2.05) is 9.80 Å². The minimum absolute atomic E-state index is 0.0244. The molecule has 134 valence electrons. The van der Waals surface area contributed by atoms with Crippen molar-refractivity contribution in [3.8, 4) is 0 Å². The summed E-state index contributed by atoms with van der Waals surface area (Å²) in [7, 11) is 0. The van der Waals surface area contributed by atoms with E-state index >= 15 is 0 Å². The second-order valence-corrected chi connectivity index (χ2v) is 7.96. The van der Waals surface area contributed by atoms with E-state index in [1.54, 1.807) is 0 Å². The molecule has 0 N–H and O–H groups in total. The smallest absolute Gasteiger partial charge is 0.255 e. The van der Waals surface area contributed by atoms with Crippen LogP contribution in [0.4, 0.5) is 4.39 Å². The van der Waals surface area contributed by atoms with Crippen LogP contribution in [0.1, 0.15) is 42.5 Å². The largest absolute Gasteiger partial charge is 0.340 e. The maximum atomic E-state index is 13.3. The number of nitrogens with zero attached hydrogens (tertiary/aromatic N) is 2. The molecule has 3 aliphatic heterocycles. The fourth-order valence-corrected chi connectivity index (χ4v) is 4.49. The topological polar surface area (TPSA) is 40.6 Å². The Morgan fingerprint density at radius 3 is 2.56 bits per heavy atom. The van der Waals surface area contributed by atoms with Crippen molar-refractivity contribution in [2.45, 2.75) is 38.1 Å². The van der Waals surface area contributed by atoms with E-state index in [0.717, 1.165) is 38.6 Å². The Bertz CT molecular complexity index is 707. The van der Waals surface area contributed by atoms with Crippen LogP contribution in [0.15, 0.2) is 18.2 Å². The molecule has 1 aliphatic carbocycles. The summed E-state index contributed by atoms with van der Waals surface area (Å²) >= 11 is 6.08. The van der Waals surface area contributed by atoms with Crippen LogP contribution < -0.4 is 0 Å². The third kappa shape index (κ3) is 3.14. The normalized spacial score (nSPS) is 26.3. The molecule has 0 aromatic heterocycles. The summed E-state index contributed by atoms with van der Waals surface area (Å²) in [6, 6.07) is 3.92. The maximum Gasteiger partial charge on any atom is 0.255 e. The zero-order chi connectivity index (χ0) is 17.6. The van der Waals surface area contributed by atoms with E-state index in [-0.39, 0.29) is 28.8 Å². The quantitative estimate of drug-likeness (QED) is 0.807. The highest BCUT2D eigenvalue weighted by Crippen LogP contribution is 2.34. The zero-order valence-corrected chi connectivity index (χ0v) is 14.8. The van der Waals surface area contributed by atoms with Crippen molar-refractivity contribution < 1.29 is 14.0 Å². The van der Waals surface area contributed by atoms with Crippen molar-refractivity contribution in [1.82, 2.24) is 9.80 Å². The lowest BCUT2D eigenvalue weighted by Crippen LogP contribution is -2.48. The van der Waals surface area contributed by atoms with Gasteiger partial charge in [0.1, 0.15) is 5.82 Å². The van der Waals surface area contributed by atoms with Crippen molar-refractivity contribution in [1.29, 1.82) is 0 Å². The van der Waals surface area contributed by atoms with Gasteiger partial charge in [0.15, 0.2) is 0 Å². The van der Waals surface area contributed by atoms with E-state index < -0.39 is 5.82 Å². The molecule has 0 spiro atoms. The molecule has 4 nitrogen and oxygen atoms in total. The van der Waals surface area contributed by atoms with Crippen LogP contribution in [0.25, 0.3) is 0 Å². The lowest BCUT2D eigenvalue weighted by atomic mass is 9.84. The molecule has 25 heavy (non-hydrogen) atoms. The van der Waals surface area contributed by atoms with Gasteiger partial charge in [0, 0.05) is 31.6 Å². The van der Waals surface area contributed by atoms with Crippen molar-refractivity contribution in [2.24, 2.45) is 11.8 Å². The average Bonchev–Trinajstić information content (AvgIpc) is 2.84. The van der Waals surface area contributed by atoms with E-state index in [4.69, 9.17) is 11.6 Å². The number of hydrogen-bond donors (Lipinski definition) is 0. The van der Waals surface area contributed by atoms with Crippen LogP contribution in [-0.2, 0) is 4.79 Å². The fraction of sp³-hybridized carbons (Fsp3) is 0.579. The molecule has 3 saturated heterocycles. The van der Waals surface area contributed by atoms with Crippen LogP contribution in [0, 0.1) is 17.7 Å². The van der Waals surface area contributed by atoms with Gasteiger partial charge in [-0.05, 0) is 49.8 Å². The Balaban J connectivity index is 1.53. The summed E-state index contributed by atoms with van der Waals surface area (Å²) in [6.07, 6.45) is 5.09. The lowest BCUT2D eigenvalue weighted by molar-refractivity contribution is -0.138. The molecule has 0 unspecified atom stereocenters. The molecule has 5 rings (SSSR count). The molecular formula is C19H22ClFN2O2. The molecule has 1 aromatic carbocycles. The summed E-state index contributed by atoms with van der Waals surface area (Å²) in [5.41, 5.74) is 0.340. The third-order valence-corrected chi connectivity index (χ3v) is 6.21. The summed E-state index contributed by atoms with van der Waals surface area (Å²) < 4.78 is 13.3. The monoisotopic (exact) mass is 364 g/mol. The number of hydrogen-bond acceptors (Lipinski definition) is 2. The molecule has 1 aromatic rings. The minimum atomic E-state index is -0.448. The Hall–Kier alpha value is -1.62. The average molecular weight is 365 g/mol. The van der Waals surface area contributed by atoms with Crippen molar-refractivity contribution in [2.75, 3.05) is 19.6 Å². The highest BCUT2D eigenvalue weighted by Gasteiger charge is 2.41. The SMILES string of the molecule is O=C(C1CCC1)N1C[C@@H]2CC[C@H](C1)N(C(=O)c1ccc(F)cc1Cl)C2. The van der Waals surface area contributed by atoms with Gasteiger partial charge >= 0.3 is 0 Å². The number of benzene rings is 1. The first kappa shape index (κ1) is 16.8. The Labute approximate surface area is 151 Å². The molecule has 2 atom stereocenters. The van der Waals surface area contributed by atoms with Gasteiger partial charge in [-0.15, -0.1) is 0 Å². The molecule has 6 heteroatoms. The predicted molar refractivity (Wildman–Crippen MR) is 92.9 cm³/mol. The van der Waals surface area contributed by atoms with E-state index in [1.165, 1.54) is 18.2 Å². The first-order valence-electron chi connectivity index (χ1n) is 9.07. The molecule has 4 fully saturated rings. The molecule has 1 saturated carbocycles. The Morgan fingerprint density at radius 1 is 1.08 bits per heavy atom. The number of halogens is 2. The van der Waals surface area contributed by atoms with E-state index in [9.17, 15) is 14.0 Å². The molecule has 0 radical (unpaired) electrons. The van der Waals surface area contributed by atoms with Gasteiger partial charge in [-0.2, -0.15) is 0 Å². The first-order valence-corrected chi connectivity index (χ1v) is 9.45. The molecule has 4 aliphatic rings. The fourth-order valence-electron chi connectivity index (χ4n) is 4.24. The van der Waals surface area contributed by atoms with Crippen LogP contribution >= 0.6 is 11.6 Å². The number of carbonyl (C=O) groups excluding carboxylic acids is 2. The molecular weight excluding hydrogens is 343 g/mol. The number of piperidine rings is 1. The van der Waals surface area contributed by atoms with Gasteiger partial charge in [0.25, 0.3) is 5.91 Å². The van der Waals surface area contributed by atoms with Gasteiger partial charge < -0.3 is 9.80 Å². The number of amides is 2. The first-order chi connectivity index (χ1) is 12.0. The standard InChI is InChI=1S/C19H22ClFN2O2/c20-17-8-14(21)5-7-16(17)19(25)23-10-12-4-6-15(23)11-22(9-12)18(24)13-2-1-3-13/h5,7-8,12-13,15H,1-4,6,9-11H2/t12-,15+/m0/s1. The Morgan fingerprint density at radius 2 is 1.88 bits per heavy atom. The minimum Gasteiger partial charge on any atom is -0.340 e. The predicted octanol–water partition coefficient (Wildman–Crippen LogP) is 3.34. The van der Waals surface area contributed by atoms with Crippen LogP contribution in [0.2, 0.25) is 5.02 Å². The van der Waals surface area contributed by atoms with Gasteiger partial charge in [-0.25, -0.2) is 4.39 Å². The summed E-state index contributed by atoms with van der Waals surface area (Å²) in [4.78, 5) is 29.4. The van der Waals surface area contributed by atoms with Crippen molar-refractivity contribution in [3.05, 3.63) is 34.6 Å². The van der Waals surface area contributed by atoms with Crippen molar-refractivity contribution in [3.63, 3.8) is 0 Å². The highest BCUT2D eigenvalue weighted by atomic mass is 35.5. The molecule has 2 bridgehead atoms. The second kappa shape index (κ2) is 6.60. The van der Waals surface area contributed by atoms with E-state index in [0.29, 0.717) is 24.6 Å². The summed E-state index contributed by atoms with van der Waals surface area (Å²) in [5.74, 6) is 0.158. The second-order valence-electron chi connectivity index (χ2n) is 7.55. The van der Waals surface area contributed by atoms with Crippen LogP contribution in [0.3, 0.4) is 0 Å². The number of fused-ring (bicyclic) bond motifs is 4. The lowest BCUT2D eigenvalue weighted by Gasteiger charge is -2.36. The van der Waals surface area contributed by atoms with Gasteiger partial charge in [-0.3, -0.25) is 9.59 Å². The number of carbonyl (C=O) groups is 2. The third-order valence-electron chi connectivity index (χ3n) is 5.90. The summed E-state index contributed by atoms with van der Waals surface area (Å²) in [5, 5.41) is 0.146. The van der Waals surface area contributed by atoms with Crippen molar-refractivity contribution >= 4 is 23.4 Å². The zero-order valence-electron chi connectivity index (χ0n) is 14.1. The highest BCUT2D eigenvalue weighted by molar-refractivity contribution is 6.33. The van der Waals surface area contributed by atoms with E-state index in [2.05, 4.69) is 0 Å². The van der Waals surface area contributed by atoms with Gasteiger partial charge in [-0.1, -0.05) is 18.0 Å². The van der Waals surface area contributed by atoms with Crippen LogP contribution in [-0.4, -0.2) is 47.3 Å². The van der Waals surface area contributed by atoms with Gasteiger partial charge in [0.05, 0.1) is 10.6 Å². The molecule has 2 amide bonds.